The van der Waals surface area contributed by atoms with Gasteiger partial charge in [0.05, 0.1) is 5.75 Å². The zero-order valence-electron chi connectivity index (χ0n) is 12.0. The Morgan fingerprint density at radius 1 is 1.00 bits per heavy atom. The molecule has 0 N–H and O–H groups in total. The third-order valence-electron chi connectivity index (χ3n) is 3.34. The molecule has 1 aliphatic rings. The summed E-state index contributed by atoms with van der Waals surface area (Å²) in [6.07, 6.45) is 0. The molecule has 3 nitrogen and oxygen atoms in total. The lowest BCUT2D eigenvalue weighted by Crippen LogP contribution is -2.15. The second-order valence-electron chi connectivity index (χ2n) is 5.06. The van der Waals surface area contributed by atoms with Crippen LogP contribution in [0.5, 0.6) is 11.5 Å². The van der Waals surface area contributed by atoms with Crippen LogP contribution in [-0.2, 0) is 22.3 Å². The number of halogens is 3. The van der Waals surface area contributed by atoms with E-state index in [0.29, 0.717) is 30.3 Å². The largest absolute Gasteiger partial charge is 0.486 e. The molecule has 0 saturated heterocycles. The van der Waals surface area contributed by atoms with Gasteiger partial charge in [0.1, 0.15) is 13.2 Å². The second kappa shape index (κ2) is 6.97. The maximum Gasteiger partial charge on any atom is 0.162 e. The minimum atomic E-state index is -1.26. The normalized spacial score (nSPS) is 14.6. The number of fused-ring (bicyclic) bond motifs is 1. The highest BCUT2D eigenvalue weighted by Gasteiger charge is 2.16. The van der Waals surface area contributed by atoms with Crippen molar-refractivity contribution in [3.05, 3.63) is 57.6 Å². The topological polar surface area (TPSA) is 35.5 Å². The van der Waals surface area contributed by atoms with Gasteiger partial charge in [-0.3, -0.25) is 4.21 Å². The van der Waals surface area contributed by atoms with Gasteiger partial charge in [0.15, 0.2) is 23.1 Å². The van der Waals surface area contributed by atoms with E-state index < -0.39 is 22.4 Å². The Labute approximate surface area is 143 Å². The predicted molar refractivity (Wildman–Crippen MR) is 87.0 cm³/mol. The van der Waals surface area contributed by atoms with Crippen molar-refractivity contribution in [2.75, 3.05) is 13.2 Å². The maximum atomic E-state index is 13.2. The van der Waals surface area contributed by atoms with Crippen molar-refractivity contribution in [2.24, 2.45) is 0 Å². The van der Waals surface area contributed by atoms with Crippen molar-refractivity contribution < 1.29 is 22.5 Å². The minimum absolute atomic E-state index is 0.151. The minimum Gasteiger partial charge on any atom is -0.486 e. The molecule has 1 heterocycles. The van der Waals surface area contributed by atoms with Crippen molar-refractivity contribution in [3.63, 3.8) is 0 Å². The lowest BCUT2D eigenvalue weighted by molar-refractivity contribution is 0.171. The summed E-state index contributed by atoms with van der Waals surface area (Å²) >= 11 is 3.43. The van der Waals surface area contributed by atoms with E-state index in [1.54, 1.807) is 12.1 Å². The summed E-state index contributed by atoms with van der Waals surface area (Å²) < 4.78 is 50.2. The molecular formula is C16H13BrF2O3S. The third-order valence-corrected chi connectivity index (χ3v) is 5.37. The Kier molecular flexibility index (Phi) is 4.96. The molecule has 7 heteroatoms. The van der Waals surface area contributed by atoms with Gasteiger partial charge in [-0.05, 0) is 35.4 Å². The lowest BCUT2D eigenvalue weighted by Gasteiger charge is -2.19. The fourth-order valence-corrected chi connectivity index (χ4v) is 4.14. The Morgan fingerprint density at radius 3 is 2.39 bits per heavy atom. The molecule has 122 valence electrons. The van der Waals surface area contributed by atoms with Gasteiger partial charge >= 0.3 is 0 Å². The molecule has 0 aliphatic carbocycles. The van der Waals surface area contributed by atoms with E-state index in [-0.39, 0.29) is 11.5 Å². The molecule has 2 aromatic rings. The Bertz CT molecular complexity index is 767. The number of hydrogen-bond acceptors (Lipinski definition) is 3. The monoisotopic (exact) mass is 402 g/mol. The van der Waals surface area contributed by atoms with Crippen LogP contribution in [0.25, 0.3) is 0 Å². The zero-order chi connectivity index (χ0) is 16.4. The number of rotatable bonds is 4. The summed E-state index contributed by atoms with van der Waals surface area (Å²) in [6, 6.07) is 7.14. The molecule has 3 rings (SSSR count). The molecule has 2 aromatic carbocycles. The first kappa shape index (κ1) is 16.4. The molecule has 0 radical (unpaired) electrons. The van der Waals surface area contributed by atoms with E-state index in [0.717, 1.165) is 22.2 Å². The van der Waals surface area contributed by atoms with E-state index in [4.69, 9.17) is 9.47 Å². The molecule has 1 atom stereocenters. The average Bonchev–Trinajstić information content (AvgIpc) is 2.51. The summed E-state index contributed by atoms with van der Waals surface area (Å²) in [5, 5.41) is 0. The van der Waals surface area contributed by atoms with Gasteiger partial charge in [-0.15, -0.1) is 0 Å². The Morgan fingerprint density at radius 2 is 1.70 bits per heavy atom. The number of hydrogen-bond donors (Lipinski definition) is 0. The van der Waals surface area contributed by atoms with Crippen LogP contribution in [-0.4, -0.2) is 17.4 Å². The molecule has 1 aliphatic heterocycles. The highest BCUT2D eigenvalue weighted by atomic mass is 79.9. The third kappa shape index (κ3) is 3.90. The van der Waals surface area contributed by atoms with Crippen LogP contribution < -0.4 is 9.47 Å². The summed E-state index contributed by atoms with van der Waals surface area (Å²) in [5.41, 5.74) is 1.31. The SMILES string of the molecule is O=S(Cc1ccc(F)c(F)c1)Cc1cc2c(cc1Br)OCCO2. The smallest absolute Gasteiger partial charge is 0.162 e. The summed E-state index contributed by atoms with van der Waals surface area (Å²) in [5.74, 6) is -0.138. The van der Waals surface area contributed by atoms with Crippen LogP contribution in [0.15, 0.2) is 34.8 Å². The molecule has 0 amide bonds. The highest BCUT2D eigenvalue weighted by Crippen LogP contribution is 2.36. The summed E-state index contributed by atoms with van der Waals surface area (Å²) in [7, 11) is -1.26. The van der Waals surface area contributed by atoms with Gasteiger partial charge in [-0.1, -0.05) is 22.0 Å². The molecular weight excluding hydrogens is 390 g/mol. The summed E-state index contributed by atoms with van der Waals surface area (Å²) in [6.45, 7) is 0.979. The van der Waals surface area contributed by atoms with Crippen LogP contribution in [0, 0.1) is 11.6 Å². The second-order valence-corrected chi connectivity index (χ2v) is 7.38. The van der Waals surface area contributed by atoms with Crippen molar-refractivity contribution >= 4 is 26.7 Å². The summed E-state index contributed by atoms with van der Waals surface area (Å²) in [4.78, 5) is 0. The van der Waals surface area contributed by atoms with Gasteiger partial charge in [0.25, 0.3) is 0 Å². The predicted octanol–water partition coefficient (Wildman–Crippen LogP) is 3.95. The van der Waals surface area contributed by atoms with Gasteiger partial charge in [-0.25, -0.2) is 8.78 Å². The molecule has 0 spiro atoms. The standard InChI is InChI=1S/C16H13BrF2O3S/c17-12-7-16-15(21-3-4-22-16)6-11(12)9-23(20)8-10-1-2-13(18)14(19)5-10/h1-2,5-7H,3-4,8-9H2. The first-order valence-corrected chi connectivity index (χ1v) is 9.18. The number of ether oxygens (including phenoxy) is 2. The average molecular weight is 403 g/mol. The highest BCUT2D eigenvalue weighted by molar-refractivity contribution is 9.10. The maximum absolute atomic E-state index is 13.2. The van der Waals surface area contributed by atoms with E-state index in [1.807, 2.05) is 0 Å². The van der Waals surface area contributed by atoms with Gasteiger partial charge in [-0.2, -0.15) is 0 Å². The first-order chi connectivity index (χ1) is 11.0. The fourth-order valence-electron chi connectivity index (χ4n) is 2.26. The van der Waals surface area contributed by atoms with Crippen molar-refractivity contribution in [2.45, 2.75) is 11.5 Å². The van der Waals surface area contributed by atoms with Gasteiger partial charge in [0, 0.05) is 21.0 Å². The van der Waals surface area contributed by atoms with Crippen LogP contribution in [0.4, 0.5) is 8.78 Å². The van der Waals surface area contributed by atoms with E-state index in [9.17, 15) is 13.0 Å². The molecule has 0 fully saturated rings. The van der Waals surface area contributed by atoms with E-state index >= 15 is 0 Å². The van der Waals surface area contributed by atoms with Gasteiger partial charge in [0.2, 0.25) is 0 Å². The Balaban J connectivity index is 1.73. The van der Waals surface area contributed by atoms with Crippen molar-refractivity contribution in [1.29, 1.82) is 0 Å². The van der Waals surface area contributed by atoms with Crippen LogP contribution >= 0.6 is 15.9 Å². The quantitative estimate of drug-likeness (QED) is 0.776. The molecule has 1 unspecified atom stereocenters. The zero-order valence-corrected chi connectivity index (χ0v) is 14.4. The van der Waals surface area contributed by atoms with Gasteiger partial charge < -0.3 is 9.47 Å². The lowest BCUT2D eigenvalue weighted by atomic mass is 10.2. The first-order valence-electron chi connectivity index (χ1n) is 6.90. The van der Waals surface area contributed by atoms with Crippen molar-refractivity contribution in [1.82, 2.24) is 0 Å². The van der Waals surface area contributed by atoms with Crippen LogP contribution in [0.3, 0.4) is 0 Å². The van der Waals surface area contributed by atoms with E-state index in [2.05, 4.69) is 15.9 Å². The molecule has 0 saturated carbocycles. The Hall–Kier alpha value is -1.47. The van der Waals surface area contributed by atoms with Crippen molar-refractivity contribution in [3.8, 4) is 11.5 Å². The van der Waals surface area contributed by atoms with Crippen LogP contribution in [0.1, 0.15) is 11.1 Å². The molecule has 0 bridgehead atoms. The van der Waals surface area contributed by atoms with E-state index in [1.165, 1.54) is 6.07 Å². The fraction of sp³-hybridized carbons (Fsp3) is 0.250. The molecule has 0 aromatic heterocycles. The molecule has 23 heavy (non-hydrogen) atoms. The van der Waals surface area contributed by atoms with Crippen LogP contribution in [0.2, 0.25) is 0 Å². The number of benzene rings is 2.